The minimum absolute atomic E-state index is 0.184. The first-order valence-corrected chi connectivity index (χ1v) is 10.9. The lowest BCUT2D eigenvalue weighted by Gasteiger charge is -2.42. The van der Waals surface area contributed by atoms with Gasteiger partial charge in [0, 0.05) is 5.41 Å². The molecule has 0 aromatic rings. The summed E-state index contributed by atoms with van der Waals surface area (Å²) >= 11 is 0. The fraction of sp³-hybridized carbons (Fsp3) is 0.833. The van der Waals surface area contributed by atoms with Crippen molar-refractivity contribution in [2.75, 3.05) is 0 Å². The van der Waals surface area contributed by atoms with Crippen LogP contribution in [0.2, 0.25) is 0 Å². The van der Waals surface area contributed by atoms with Crippen molar-refractivity contribution in [1.29, 1.82) is 0 Å². The molecule has 0 spiro atoms. The number of ether oxygens (including phenoxy) is 1. The molecule has 0 saturated heterocycles. The molecule has 6 unspecified atom stereocenters. The van der Waals surface area contributed by atoms with Gasteiger partial charge >= 0.3 is 0 Å². The lowest BCUT2D eigenvalue weighted by molar-refractivity contribution is -0.0422. The fourth-order valence-electron chi connectivity index (χ4n) is 5.07. The van der Waals surface area contributed by atoms with Gasteiger partial charge < -0.3 is 4.74 Å². The summed E-state index contributed by atoms with van der Waals surface area (Å²) in [5, 5.41) is 0. The average molecular weight is 347 g/mol. The summed E-state index contributed by atoms with van der Waals surface area (Å²) in [4.78, 5) is 0. The maximum absolute atomic E-state index is 6.65. The van der Waals surface area contributed by atoms with E-state index in [1.807, 2.05) is 0 Å². The molecule has 0 aromatic carbocycles. The highest BCUT2D eigenvalue weighted by molar-refractivity contribution is 5.17. The Kier molecular flexibility index (Phi) is 7.38. The molecule has 2 rings (SSSR count). The van der Waals surface area contributed by atoms with Gasteiger partial charge in [0.05, 0.1) is 12.2 Å². The molecule has 1 heteroatoms. The predicted molar refractivity (Wildman–Crippen MR) is 110 cm³/mol. The molecule has 2 aliphatic rings. The number of hydrogen-bond donors (Lipinski definition) is 0. The third-order valence-corrected chi connectivity index (χ3v) is 7.01. The lowest BCUT2D eigenvalue weighted by atomic mass is 9.68. The zero-order valence-electron chi connectivity index (χ0n) is 17.9. The Labute approximate surface area is 157 Å². The maximum atomic E-state index is 6.65. The van der Waals surface area contributed by atoms with Gasteiger partial charge in [-0.3, -0.25) is 0 Å². The summed E-state index contributed by atoms with van der Waals surface area (Å²) < 4.78 is 6.65. The van der Waals surface area contributed by atoms with Crippen LogP contribution in [0.3, 0.4) is 0 Å². The second-order valence-corrected chi connectivity index (χ2v) is 9.20. The van der Waals surface area contributed by atoms with Crippen LogP contribution in [0.25, 0.3) is 0 Å². The molecule has 6 atom stereocenters. The van der Waals surface area contributed by atoms with Crippen molar-refractivity contribution in [2.45, 2.75) is 106 Å². The molecule has 0 N–H and O–H groups in total. The van der Waals surface area contributed by atoms with Crippen LogP contribution in [-0.2, 0) is 4.74 Å². The van der Waals surface area contributed by atoms with Crippen molar-refractivity contribution >= 4 is 0 Å². The molecule has 1 nitrogen and oxygen atoms in total. The van der Waals surface area contributed by atoms with Crippen LogP contribution >= 0.6 is 0 Å². The van der Waals surface area contributed by atoms with E-state index in [1.165, 1.54) is 44.9 Å². The van der Waals surface area contributed by atoms with E-state index in [4.69, 9.17) is 4.74 Å². The highest BCUT2D eigenvalue weighted by Gasteiger charge is 2.37. The summed E-state index contributed by atoms with van der Waals surface area (Å²) in [5.74, 6) is 2.37. The second kappa shape index (κ2) is 8.89. The minimum Gasteiger partial charge on any atom is -0.370 e. The van der Waals surface area contributed by atoms with Crippen molar-refractivity contribution in [1.82, 2.24) is 0 Å². The molecule has 0 saturated carbocycles. The summed E-state index contributed by atoms with van der Waals surface area (Å²) in [6.07, 6.45) is 14.5. The zero-order chi connectivity index (χ0) is 18.6. The van der Waals surface area contributed by atoms with Crippen LogP contribution < -0.4 is 0 Å². The summed E-state index contributed by atoms with van der Waals surface area (Å²) in [5.41, 5.74) is 3.37. The molecule has 0 fully saturated rings. The van der Waals surface area contributed by atoms with Crippen LogP contribution in [0.1, 0.15) is 93.4 Å². The van der Waals surface area contributed by atoms with E-state index in [2.05, 4.69) is 60.6 Å². The summed E-state index contributed by atoms with van der Waals surface area (Å²) in [6.45, 7) is 16.4. The second-order valence-electron chi connectivity index (χ2n) is 9.20. The fourth-order valence-corrected chi connectivity index (χ4v) is 5.07. The Balaban J connectivity index is 2.08. The predicted octanol–water partition coefficient (Wildman–Crippen LogP) is 7.33. The Hall–Kier alpha value is -0.560. The van der Waals surface area contributed by atoms with E-state index in [-0.39, 0.29) is 17.6 Å². The SMILES string of the molecule is CCC1=CC(C)(C(C)OC(C)C2=CC(C)CC(CC)C2)CC(CC)C1. The summed E-state index contributed by atoms with van der Waals surface area (Å²) in [6, 6.07) is 0. The molecule has 0 heterocycles. The molecule has 0 radical (unpaired) electrons. The average Bonchev–Trinajstić information content (AvgIpc) is 2.60. The smallest absolute Gasteiger partial charge is 0.0761 e. The van der Waals surface area contributed by atoms with E-state index in [9.17, 15) is 0 Å². The molecule has 144 valence electrons. The van der Waals surface area contributed by atoms with Gasteiger partial charge in [0.2, 0.25) is 0 Å². The minimum atomic E-state index is 0.184. The highest BCUT2D eigenvalue weighted by Crippen LogP contribution is 2.44. The molecule has 0 aliphatic heterocycles. The Morgan fingerprint density at radius 3 is 2.40 bits per heavy atom. The third-order valence-electron chi connectivity index (χ3n) is 7.01. The van der Waals surface area contributed by atoms with Crippen molar-refractivity contribution in [3.8, 4) is 0 Å². The number of rotatable bonds is 7. The van der Waals surface area contributed by atoms with E-state index in [0.29, 0.717) is 5.92 Å². The van der Waals surface area contributed by atoms with Crippen molar-refractivity contribution in [2.24, 2.45) is 23.2 Å². The van der Waals surface area contributed by atoms with E-state index < -0.39 is 0 Å². The third kappa shape index (κ3) is 5.22. The standard InChI is InChI=1S/C24H42O/c1-8-20-11-17(4)12-23(14-20)18(5)25-19(6)24(7)15-21(9-2)13-22(10-3)16-24/h12,15,17-20,22H,8-11,13-14,16H2,1-7H3. The van der Waals surface area contributed by atoms with Crippen LogP contribution in [0.4, 0.5) is 0 Å². The number of hydrogen-bond acceptors (Lipinski definition) is 1. The van der Waals surface area contributed by atoms with Gasteiger partial charge in [-0.1, -0.05) is 65.2 Å². The first-order chi connectivity index (χ1) is 11.8. The molecule has 2 aliphatic carbocycles. The molecule has 0 amide bonds. The van der Waals surface area contributed by atoms with Gasteiger partial charge in [-0.05, 0) is 69.3 Å². The molecule has 0 bridgehead atoms. The quantitative estimate of drug-likeness (QED) is 0.439. The lowest BCUT2D eigenvalue weighted by Crippen LogP contribution is -2.38. The first-order valence-electron chi connectivity index (χ1n) is 10.9. The molecular formula is C24H42O. The largest absolute Gasteiger partial charge is 0.370 e. The number of allylic oxidation sites excluding steroid dienone is 2. The molecular weight excluding hydrogens is 304 g/mol. The van der Waals surface area contributed by atoms with Gasteiger partial charge in [-0.25, -0.2) is 0 Å². The van der Waals surface area contributed by atoms with E-state index >= 15 is 0 Å². The first kappa shape index (κ1) is 20.7. The van der Waals surface area contributed by atoms with Crippen molar-refractivity contribution in [3.05, 3.63) is 23.3 Å². The van der Waals surface area contributed by atoms with Gasteiger partial charge in [-0.15, -0.1) is 0 Å². The normalized spacial score (nSPS) is 35.7. The van der Waals surface area contributed by atoms with Crippen molar-refractivity contribution in [3.63, 3.8) is 0 Å². The van der Waals surface area contributed by atoms with Crippen LogP contribution in [0.5, 0.6) is 0 Å². The van der Waals surface area contributed by atoms with E-state index in [1.54, 1.807) is 11.1 Å². The zero-order valence-corrected chi connectivity index (χ0v) is 17.9. The van der Waals surface area contributed by atoms with Gasteiger partial charge in [0.15, 0.2) is 0 Å². The molecule has 0 aromatic heterocycles. The van der Waals surface area contributed by atoms with Crippen LogP contribution in [-0.4, -0.2) is 12.2 Å². The highest BCUT2D eigenvalue weighted by atomic mass is 16.5. The molecule has 25 heavy (non-hydrogen) atoms. The topological polar surface area (TPSA) is 9.23 Å². The summed E-state index contributed by atoms with van der Waals surface area (Å²) in [7, 11) is 0. The Bertz CT molecular complexity index is 488. The van der Waals surface area contributed by atoms with E-state index in [0.717, 1.165) is 11.8 Å². The Morgan fingerprint density at radius 1 is 1.12 bits per heavy atom. The van der Waals surface area contributed by atoms with Crippen LogP contribution in [0, 0.1) is 23.2 Å². The van der Waals surface area contributed by atoms with Crippen LogP contribution in [0.15, 0.2) is 23.3 Å². The van der Waals surface area contributed by atoms with Crippen molar-refractivity contribution < 1.29 is 4.74 Å². The maximum Gasteiger partial charge on any atom is 0.0761 e. The monoisotopic (exact) mass is 346 g/mol. The Morgan fingerprint density at radius 2 is 1.80 bits per heavy atom. The van der Waals surface area contributed by atoms with Gasteiger partial charge in [-0.2, -0.15) is 0 Å². The van der Waals surface area contributed by atoms with Gasteiger partial charge in [0.1, 0.15) is 0 Å². The van der Waals surface area contributed by atoms with Gasteiger partial charge in [0.25, 0.3) is 0 Å².